The highest BCUT2D eigenvalue weighted by Crippen LogP contribution is 2.19. The van der Waals surface area contributed by atoms with Gasteiger partial charge in [0.05, 0.1) is 17.2 Å². The predicted molar refractivity (Wildman–Crippen MR) is 80.3 cm³/mol. The van der Waals surface area contributed by atoms with Crippen molar-refractivity contribution in [2.24, 2.45) is 0 Å². The maximum Gasteiger partial charge on any atom is 0.157 e. The Kier molecular flexibility index (Phi) is 4.63. The van der Waals surface area contributed by atoms with Gasteiger partial charge in [0.15, 0.2) is 9.84 Å². The van der Waals surface area contributed by atoms with Gasteiger partial charge in [-0.05, 0) is 17.7 Å². The van der Waals surface area contributed by atoms with Crippen LogP contribution in [-0.4, -0.2) is 20.8 Å². The molecule has 2 aromatic carbocycles. The van der Waals surface area contributed by atoms with E-state index in [1.54, 1.807) is 36.4 Å². The number of hydrogen-bond donors (Lipinski definition) is 1. The summed E-state index contributed by atoms with van der Waals surface area (Å²) in [5.41, 5.74) is 7.01. The lowest BCUT2D eigenvalue weighted by molar-refractivity contribution is 0.342. The van der Waals surface area contributed by atoms with Crippen LogP contribution in [0.4, 0.5) is 5.69 Å². The van der Waals surface area contributed by atoms with Gasteiger partial charge < -0.3 is 10.5 Å². The second kappa shape index (κ2) is 6.43. The van der Waals surface area contributed by atoms with E-state index in [1.807, 2.05) is 18.2 Å². The van der Waals surface area contributed by atoms with Crippen molar-refractivity contribution >= 4 is 15.5 Å². The lowest BCUT2D eigenvalue weighted by atomic mass is 10.2. The first-order chi connectivity index (χ1) is 9.57. The molecule has 2 N–H and O–H groups in total. The van der Waals surface area contributed by atoms with E-state index < -0.39 is 9.84 Å². The van der Waals surface area contributed by atoms with Gasteiger partial charge in [-0.3, -0.25) is 0 Å². The molecule has 0 spiro atoms. The highest BCUT2D eigenvalue weighted by molar-refractivity contribution is 7.90. The van der Waals surface area contributed by atoms with Crippen LogP contribution in [0.5, 0.6) is 5.75 Å². The summed E-state index contributed by atoms with van der Waals surface area (Å²) in [7, 11) is -3.18. The largest absolute Gasteiger partial charge is 0.490 e. The summed E-state index contributed by atoms with van der Waals surface area (Å²) in [5, 5.41) is 0. The van der Waals surface area contributed by atoms with Crippen LogP contribution >= 0.6 is 0 Å². The zero-order chi connectivity index (χ0) is 14.4. The summed E-state index contributed by atoms with van der Waals surface area (Å²) in [5.74, 6) is 0.514. The number of benzene rings is 2. The van der Waals surface area contributed by atoms with Crippen molar-refractivity contribution in [2.75, 3.05) is 18.1 Å². The Bertz CT molecular complexity index is 654. The van der Waals surface area contributed by atoms with Gasteiger partial charge in [-0.2, -0.15) is 0 Å². The van der Waals surface area contributed by atoms with Crippen LogP contribution in [0.25, 0.3) is 0 Å². The van der Waals surface area contributed by atoms with Crippen molar-refractivity contribution in [3.8, 4) is 5.75 Å². The molecule has 0 aliphatic heterocycles. The molecule has 0 aliphatic rings. The van der Waals surface area contributed by atoms with E-state index in [4.69, 9.17) is 10.5 Å². The molecule has 0 bridgehead atoms. The molecule has 0 aromatic heterocycles. The first-order valence-electron chi connectivity index (χ1n) is 6.28. The minimum Gasteiger partial charge on any atom is -0.490 e. The van der Waals surface area contributed by atoms with E-state index in [0.29, 0.717) is 11.4 Å². The first-order valence-corrected chi connectivity index (χ1v) is 8.11. The van der Waals surface area contributed by atoms with Gasteiger partial charge in [0.1, 0.15) is 12.4 Å². The van der Waals surface area contributed by atoms with Crippen molar-refractivity contribution in [3.05, 3.63) is 60.2 Å². The van der Waals surface area contributed by atoms with Crippen LogP contribution in [0.2, 0.25) is 0 Å². The Labute approximate surface area is 119 Å². The number of para-hydroxylation sites is 2. The van der Waals surface area contributed by atoms with Crippen LogP contribution in [-0.2, 0) is 15.6 Å². The molecule has 0 unspecified atom stereocenters. The quantitative estimate of drug-likeness (QED) is 0.829. The second-order valence-electron chi connectivity index (χ2n) is 4.46. The molecule has 20 heavy (non-hydrogen) atoms. The van der Waals surface area contributed by atoms with E-state index >= 15 is 0 Å². The van der Waals surface area contributed by atoms with E-state index in [-0.39, 0.29) is 18.1 Å². The van der Waals surface area contributed by atoms with E-state index in [9.17, 15) is 8.42 Å². The van der Waals surface area contributed by atoms with Crippen molar-refractivity contribution in [1.82, 2.24) is 0 Å². The fourth-order valence-corrected chi connectivity index (χ4v) is 2.97. The van der Waals surface area contributed by atoms with Gasteiger partial charge in [-0.1, -0.05) is 42.5 Å². The average molecular weight is 291 g/mol. The van der Waals surface area contributed by atoms with Gasteiger partial charge in [0, 0.05) is 0 Å². The molecule has 0 fully saturated rings. The molecule has 0 saturated heterocycles. The minimum atomic E-state index is -3.18. The molecule has 0 radical (unpaired) electrons. The summed E-state index contributed by atoms with van der Waals surface area (Å²) in [6.45, 7) is 0.101. The van der Waals surface area contributed by atoms with Crippen LogP contribution in [0.15, 0.2) is 54.6 Å². The number of anilines is 1. The van der Waals surface area contributed by atoms with Gasteiger partial charge in [0.2, 0.25) is 0 Å². The topological polar surface area (TPSA) is 69.4 Å². The van der Waals surface area contributed by atoms with Gasteiger partial charge in [0.25, 0.3) is 0 Å². The molecule has 106 valence electrons. The number of rotatable bonds is 6. The molecular weight excluding hydrogens is 274 g/mol. The lowest BCUT2D eigenvalue weighted by Crippen LogP contribution is -2.16. The Morgan fingerprint density at radius 1 is 0.950 bits per heavy atom. The Hall–Kier alpha value is -2.01. The van der Waals surface area contributed by atoms with Crippen molar-refractivity contribution < 1.29 is 13.2 Å². The smallest absolute Gasteiger partial charge is 0.157 e. The number of ether oxygens (including phenoxy) is 1. The number of nitrogen functional groups attached to an aromatic ring is 1. The zero-order valence-corrected chi connectivity index (χ0v) is 11.8. The molecule has 5 heteroatoms. The molecule has 2 rings (SSSR count). The second-order valence-corrected chi connectivity index (χ2v) is 6.65. The Morgan fingerprint density at radius 2 is 1.60 bits per heavy atom. The normalized spacial score (nSPS) is 11.2. The summed E-state index contributed by atoms with van der Waals surface area (Å²) >= 11 is 0. The molecule has 4 nitrogen and oxygen atoms in total. The summed E-state index contributed by atoms with van der Waals surface area (Å²) in [4.78, 5) is 0. The van der Waals surface area contributed by atoms with Crippen molar-refractivity contribution in [1.29, 1.82) is 0 Å². The highest BCUT2D eigenvalue weighted by atomic mass is 32.2. The fourth-order valence-electron chi connectivity index (χ4n) is 1.79. The maximum atomic E-state index is 12.0. The van der Waals surface area contributed by atoms with Gasteiger partial charge in [-0.15, -0.1) is 0 Å². The minimum absolute atomic E-state index is 0.0292. The van der Waals surface area contributed by atoms with Gasteiger partial charge >= 0.3 is 0 Å². The summed E-state index contributed by atoms with van der Waals surface area (Å²) in [6.07, 6.45) is 0. The molecule has 2 aromatic rings. The predicted octanol–water partition coefficient (Wildman–Crippen LogP) is 2.26. The molecule has 0 heterocycles. The van der Waals surface area contributed by atoms with E-state index in [1.165, 1.54) is 0 Å². The lowest BCUT2D eigenvalue weighted by Gasteiger charge is -2.09. The number of sulfone groups is 1. The fraction of sp³-hybridized carbons (Fsp3) is 0.200. The highest BCUT2D eigenvalue weighted by Gasteiger charge is 2.12. The monoisotopic (exact) mass is 291 g/mol. The Morgan fingerprint density at radius 3 is 2.30 bits per heavy atom. The molecular formula is C15H17NO3S. The third kappa shape index (κ3) is 4.28. The van der Waals surface area contributed by atoms with Gasteiger partial charge in [-0.25, -0.2) is 8.42 Å². The first kappa shape index (κ1) is 14.4. The SMILES string of the molecule is Nc1ccccc1OCCS(=O)(=O)Cc1ccccc1. The van der Waals surface area contributed by atoms with Crippen LogP contribution in [0, 0.1) is 0 Å². The molecule has 0 aliphatic carbocycles. The maximum absolute atomic E-state index is 12.0. The molecule has 0 atom stereocenters. The number of hydrogen-bond acceptors (Lipinski definition) is 4. The summed E-state index contributed by atoms with van der Waals surface area (Å²) in [6, 6.07) is 16.1. The average Bonchev–Trinajstić information content (AvgIpc) is 2.41. The van der Waals surface area contributed by atoms with Crippen LogP contribution < -0.4 is 10.5 Å². The van der Waals surface area contributed by atoms with Crippen LogP contribution in [0.3, 0.4) is 0 Å². The van der Waals surface area contributed by atoms with Crippen molar-refractivity contribution in [3.63, 3.8) is 0 Å². The zero-order valence-electron chi connectivity index (χ0n) is 11.0. The third-order valence-corrected chi connectivity index (χ3v) is 4.36. The van der Waals surface area contributed by atoms with E-state index in [0.717, 1.165) is 5.56 Å². The standard InChI is InChI=1S/C15H17NO3S/c16-14-8-4-5-9-15(14)19-10-11-20(17,18)12-13-6-2-1-3-7-13/h1-9H,10-12,16H2. The van der Waals surface area contributed by atoms with Crippen molar-refractivity contribution in [2.45, 2.75) is 5.75 Å². The summed E-state index contributed by atoms with van der Waals surface area (Å²) < 4.78 is 29.3. The molecule has 0 amide bonds. The number of nitrogens with two attached hydrogens (primary N) is 1. The third-order valence-electron chi connectivity index (χ3n) is 2.80. The molecule has 0 saturated carbocycles. The Balaban J connectivity index is 1.89. The van der Waals surface area contributed by atoms with Crippen LogP contribution in [0.1, 0.15) is 5.56 Å². The van der Waals surface area contributed by atoms with E-state index in [2.05, 4.69) is 0 Å².